The third-order valence-corrected chi connectivity index (χ3v) is 5.23. The Morgan fingerprint density at radius 2 is 2.43 bits per heavy atom. The lowest BCUT2D eigenvalue weighted by atomic mass is 9.90. The maximum atomic E-state index is 12.2. The van der Waals surface area contributed by atoms with E-state index in [2.05, 4.69) is 28.4 Å². The average molecular weight is 304 g/mol. The summed E-state index contributed by atoms with van der Waals surface area (Å²) < 4.78 is 1.73. The van der Waals surface area contributed by atoms with Crippen LogP contribution in [0.15, 0.2) is 12.4 Å². The highest BCUT2D eigenvalue weighted by Gasteiger charge is 2.20. The van der Waals surface area contributed by atoms with E-state index >= 15 is 0 Å². The van der Waals surface area contributed by atoms with Crippen molar-refractivity contribution < 1.29 is 4.79 Å². The molecule has 1 aliphatic carbocycles. The van der Waals surface area contributed by atoms with Crippen molar-refractivity contribution in [2.45, 2.75) is 32.6 Å². The zero-order valence-corrected chi connectivity index (χ0v) is 13.2. The summed E-state index contributed by atoms with van der Waals surface area (Å²) >= 11 is 1.65. The second-order valence-electron chi connectivity index (χ2n) is 5.71. The van der Waals surface area contributed by atoms with Crippen LogP contribution in [0.25, 0.3) is 0 Å². The number of thiophene rings is 1. The van der Waals surface area contributed by atoms with E-state index in [0.717, 1.165) is 29.5 Å². The van der Waals surface area contributed by atoms with Crippen LogP contribution in [0.5, 0.6) is 0 Å². The Bertz CT molecular complexity index is 646. The molecule has 1 atom stereocenters. The van der Waals surface area contributed by atoms with Gasteiger partial charge in [-0.2, -0.15) is 5.10 Å². The first-order chi connectivity index (χ1) is 10.1. The smallest absolute Gasteiger partial charge is 0.261 e. The summed E-state index contributed by atoms with van der Waals surface area (Å²) in [5.41, 5.74) is 1.37. The van der Waals surface area contributed by atoms with Gasteiger partial charge in [0.15, 0.2) is 0 Å². The van der Waals surface area contributed by atoms with Gasteiger partial charge < -0.3 is 5.32 Å². The fraction of sp³-hybridized carbons (Fsp3) is 0.533. The van der Waals surface area contributed by atoms with E-state index in [4.69, 9.17) is 0 Å². The first-order valence-electron chi connectivity index (χ1n) is 7.36. The molecule has 0 unspecified atom stereocenters. The summed E-state index contributed by atoms with van der Waals surface area (Å²) in [4.78, 5) is 18.6. The summed E-state index contributed by atoms with van der Waals surface area (Å²) in [5, 5.41) is 6.99. The summed E-state index contributed by atoms with van der Waals surface area (Å²) in [7, 11) is 1.86. The van der Waals surface area contributed by atoms with Crippen LogP contribution in [-0.2, 0) is 26.3 Å². The minimum Gasteiger partial charge on any atom is -0.351 e. The molecule has 1 amide bonds. The number of amides is 1. The molecule has 2 aromatic rings. The van der Waals surface area contributed by atoms with Gasteiger partial charge >= 0.3 is 0 Å². The van der Waals surface area contributed by atoms with Crippen LogP contribution >= 0.6 is 11.3 Å². The SMILES string of the molecule is C[C@H]1CCc2sc(C(=O)NCCc3ncnn3C)cc2C1. The minimum absolute atomic E-state index is 0.0317. The van der Waals surface area contributed by atoms with Crippen molar-refractivity contribution >= 4 is 17.2 Å². The molecule has 1 N–H and O–H groups in total. The van der Waals surface area contributed by atoms with Crippen LogP contribution in [0.2, 0.25) is 0 Å². The molecule has 0 saturated heterocycles. The highest BCUT2D eigenvalue weighted by Crippen LogP contribution is 2.32. The highest BCUT2D eigenvalue weighted by molar-refractivity contribution is 7.14. The van der Waals surface area contributed by atoms with Crippen molar-refractivity contribution in [3.8, 4) is 0 Å². The van der Waals surface area contributed by atoms with Gasteiger partial charge in [-0.15, -0.1) is 11.3 Å². The van der Waals surface area contributed by atoms with Crippen LogP contribution in [0.1, 0.15) is 39.3 Å². The van der Waals surface area contributed by atoms with E-state index in [1.54, 1.807) is 16.0 Å². The predicted molar refractivity (Wildman–Crippen MR) is 82.5 cm³/mol. The van der Waals surface area contributed by atoms with Gasteiger partial charge in [0.2, 0.25) is 0 Å². The number of carbonyl (C=O) groups is 1. The molecule has 0 fully saturated rings. The van der Waals surface area contributed by atoms with E-state index in [1.807, 2.05) is 7.05 Å². The van der Waals surface area contributed by atoms with Crippen LogP contribution in [0, 0.1) is 5.92 Å². The van der Waals surface area contributed by atoms with Gasteiger partial charge in [-0.3, -0.25) is 9.48 Å². The Labute approximate surface area is 128 Å². The highest BCUT2D eigenvalue weighted by atomic mass is 32.1. The van der Waals surface area contributed by atoms with E-state index in [0.29, 0.717) is 13.0 Å². The lowest BCUT2D eigenvalue weighted by Gasteiger charge is -2.16. The maximum Gasteiger partial charge on any atom is 0.261 e. The van der Waals surface area contributed by atoms with Crippen LogP contribution < -0.4 is 5.32 Å². The van der Waals surface area contributed by atoms with Gasteiger partial charge in [-0.25, -0.2) is 4.98 Å². The second-order valence-corrected chi connectivity index (χ2v) is 6.85. The normalized spacial score (nSPS) is 17.5. The van der Waals surface area contributed by atoms with Crippen molar-refractivity contribution in [3.05, 3.63) is 33.5 Å². The summed E-state index contributed by atoms with van der Waals surface area (Å²) in [6.45, 7) is 2.87. The summed E-state index contributed by atoms with van der Waals surface area (Å²) in [5.74, 6) is 1.65. The molecule has 2 heterocycles. The summed E-state index contributed by atoms with van der Waals surface area (Å²) in [6.07, 6.45) is 5.70. The number of aryl methyl sites for hydroxylation is 2. The molecule has 0 radical (unpaired) electrons. The average Bonchev–Trinajstić information content (AvgIpc) is 3.05. The molecule has 2 aromatic heterocycles. The third-order valence-electron chi connectivity index (χ3n) is 3.99. The van der Waals surface area contributed by atoms with Crippen LogP contribution in [0.3, 0.4) is 0 Å². The van der Waals surface area contributed by atoms with Gasteiger partial charge in [-0.05, 0) is 36.8 Å². The Hall–Kier alpha value is -1.69. The number of nitrogens with one attached hydrogen (secondary N) is 1. The fourth-order valence-corrected chi connectivity index (χ4v) is 3.86. The summed E-state index contributed by atoms with van der Waals surface area (Å²) in [6, 6.07) is 2.08. The van der Waals surface area contributed by atoms with Crippen LogP contribution in [0.4, 0.5) is 0 Å². The number of hydrogen-bond acceptors (Lipinski definition) is 4. The lowest BCUT2D eigenvalue weighted by Crippen LogP contribution is -2.25. The van der Waals surface area contributed by atoms with Crippen molar-refractivity contribution in [1.29, 1.82) is 0 Å². The Balaban J connectivity index is 1.57. The third kappa shape index (κ3) is 3.15. The van der Waals surface area contributed by atoms with Crippen LogP contribution in [-0.4, -0.2) is 27.2 Å². The monoisotopic (exact) mass is 304 g/mol. The van der Waals surface area contributed by atoms with E-state index in [-0.39, 0.29) is 5.91 Å². The molecule has 112 valence electrons. The molecule has 5 nitrogen and oxygen atoms in total. The molecular weight excluding hydrogens is 284 g/mol. The van der Waals surface area contributed by atoms with Crippen molar-refractivity contribution in [1.82, 2.24) is 20.1 Å². The molecule has 1 aliphatic rings. The molecule has 0 spiro atoms. The standard InChI is InChI=1S/C15H20N4OS/c1-10-3-4-12-11(7-10)8-13(21-12)15(20)16-6-5-14-17-9-18-19(14)2/h8-10H,3-7H2,1-2H3,(H,16,20)/t10-/m0/s1. The van der Waals surface area contributed by atoms with E-state index in [1.165, 1.54) is 23.2 Å². The molecular formula is C15H20N4OS. The Kier molecular flexibility index (Phi) is 4.05. The molecule has 6 heteroatoms. The second kappa shape index (κ2) is 5.97. The van der Waals surface area contributed by atoms with Crippen molar-refractivity contribution in [3.63, 3.8) is 0 Å². The molecule has 0 aliphatic heterocycles. The Morgan fingerprint density at radius 3 is 3.19 bits per heavy atom. The Morgan fingerprint density at radius 1 is 1.57 bits per heavy atom. The van der Waals surface area contributed by atoms with Gasteiger partial charge in [0, 0.05) is 24.9 Å². The van der Waals surface area contributed by atoms with E-state index in [9.17, 15) is 4.79 Å². The predicted octanol–water partition coefficient (Wildman–Crippen LogP) is 1.97. The fourth-order valence-electron chi connectivity index (χ4n) is 2.74. The van der Waals surface area contributed by atoms with Gasteiger partial charge in [0.1, 0.15) is 12.2 Å². The number of aromatic nitrogens is 3. The minimum atomic E-state index is 0.0317. The molecule has 0 bridgehead atoms. The zero-order valence-electron chi connectivity index (χ0n) is 12.4. The topological polar surface area (TPSA) is 59.8 Å². The molecule has 21 heavy (non-hydrogen) atoms. The number of rotatable bonds is 4. The zero-order chi connectivity index (χ0) is 14.8. The quantitative estimate of drug-likeness (QED) is 0.939. The number of fused-ring (bicyclic) bond motifs is 1. The lowest BCUT2D eigenvalue weighted by molar-refractivity contribution is 0.0958. The molecule has 0 aromatic carbocycles. The largest absolute Gasteiger partial charge is 0.351 e. The van der Waals surface area contributed by atoms with Gasteiger partial charge in [-0.1, -0.05) is 6.92 Å². The molecule has 3 rings (SSSR count). The first-order valence-corrected chi connectivity index (χ1v) is 8.18. The first kappa shape index (κ1) is 14.3. The van der Waals surface area contributed by atoms with Gasteiger partial charge in [0.05, 0.1) is 4.88 Å². The van der Waals surface area contributed by atoms with Crippen molar-refractivity contribution in [2.24, 2.45) is 13.0 Å². The molecule has 0 saturated carbocycles. The maximum absolute atomic E-state index is 12.2. The number of hydrogen-bond donors (Lipinski definition) is 1. The number of nitrogens with zero attached hydrogens (tertiary/aromatic N) is 3. The van der Waals surface area contributed by atoms with E-state index < -0.39 is 0 Å². The van der Waals surface area contributed by atoms with Crippen molar-refractivity contribution in [2.75, 3.05) is 6.54 Å². The number of carbonyl (C=O) groups excluding carboxylic acids is 1. The van der Waals surface area contributed by atoms with Gasteiger partial charge in [0.25, 0.3) is 5.91 Å².